The maximum Gasteiger partial charge on any atom is 0.0942 e. The lowest BCUT2D eigenvalue weighted by Crippen LogP contribution is -2.23. The van der Waals surface area contributed by atoms with Gasteiger partial charge in [-0.1, -0.05) is 47.7 Å². The standard InChI is InChI=1S/C19H22BrN3/c1-4-18-14-22(3)16(2)8-6-5-7-13-21-15-23(18)19-11-9-17(20)10-12-19/h5-12,14-15H,2,4,13H2,1,3H3/b7-5-,8-6-,18-14-,21-15?. The molecule has 0 saturated heterocycles. The van der Waals surface area contributed by atoms with Crippen molar-refractivity contribution in [2.75, 3.05) is 18.5 Å². The second kappa shape index (κ2) is 8.53. The number of allylic oxidation sites excluding steroid dienone is 4. The smallest absolute Gasteiger partial charge is 0.0942 e. The first-order chi connectivity index (χ1) is 11.1. The molecule has 1 aromatic carbocycles. The summed E-state index contributed by atoms with van der Waals surface area (Å²) in [5.74, 6) is 0. The largest absolute Gasteiger partial charge is 0.350 e. The molecule has 0 radical (unpaired) electrons. The number of anilines is 1. The van der Waals surface area contributed by atoms with Crippen molar-refractivity contribution >= 4 is 28.0 Å². The van der Waals surface area contributed by atoms with Gasteiger partial charge in [0, 0.05) is 34.8 Å². The Morgan fingerprint density at radius 2 is 1.96 bits per heavy atom. The van der Waals surface area contributed by atoms with Crippen LogP contribution in [0.1, 0.15) is 13.3 Å². The Hall–Kier alpha value is -2.07. The number of aliphatic imine (C=N–C) groups is 1. The van der Waals surface area contributed by atoms with E-state index in [1.807, 2.05) is 54.7 Å². The quantitative estimate of drug-likeness (QED) is 0.719. The molecule has 3 nitrogen and oxygen atoms in total. The second-order valence-corrected chi connectivity index (χ2v) is 6.11. The van der Waals surface area contributed by atoms with Gasteiger partial charge in [-0.25, -0.2) is 0 Å². The summed E-state index contributed by atoms with van der Waals surface area (Å²) < 4.78 is 1.06. The van der Waals surface area contributed by atoms with Gasteiger partial charge in [0.2, 0.25) is 0 Å². The molecular weight excluding hydrogens is 350 g/mol. The van der Waals surface area contributed by atoms with E-state index < -0.39 is 0 Å². The van der Waals surface area contributed by atoms with Crippen LogP contribution in [0.3, 0.4) is 0 Å². The zero-order valence-electron chi connectivity index (χ0n) is 13.6. The Bertz CT molecular complexity index is 654. The summed E-state index contributed by atoms with van der Waals surface area (Å²) in [5.41, 5.74) is 3.17. The van der Waals surface area contributed by atoms with Crippen LogP contribution in [0.2, 0.25) is 0 Å². The van der Waals surface area contributed by atoms with E-state index in [0.717, 1.165) is 28.0 Å². The topological polar surface area (TPSA) is 18.8 Å². The van der Waals surface area contributed by atoms with Crippen molar-refractivity contribution in [1.29, 1.82) is 0 Å². The molecule has 0 unspecified atom stereocenters. The lowest BCUT2D eigenvalue weighted by molar-refractivity contribution is 0.581. The van der Waals surface area contributed by atoms with E-state index in [-0.39, 0.29) is 0 Å². The van der Waals surface area contributed by atoms with Crippen LogP contribution in [0.5, 0.6) is 0 Å². The monoisotopic (exact) mass is 371 g/mol. The maximum atomic E-state index is 4.51. The van der Waals surface area contributed by atoms with Gasteiger partial charge in [0.05, 0.1) is 12.9 Å². The highest BCUT2D eigenvalue weighted by Gasteiger charge is 2.10. The minimum Gasteiger partial charge on any atom is -0.350 e. The Kier molecular flexibility index (Phi) is 6.41. The highest BCUT2D eigenvalue weighted by molar-refractivity contribution is 9.10. The Morgan fingerprint density at radius 3 is 2.65 bits per heavy atom. The summed E-state index contributed by atoms with van der Waals surface area (Å²) in [6, 6.07) is 8.24. The van der Waals surface area contributed by atoms with E-state index in [1.165, 1.54) is 0 Å². The average molecular weight is 372 g/mol. The van der Waals surface area contributed by atoms with Crippen LogP contribution in [-0.4, -0.2) is 24.8 Å². The zero-order valence-corrected chi connectivity index (χ0v) is 15.2. The van der Waals surface area contributed by atoms with E-state index in [4.69, 9.17) is 0 Å². The summed E-state index contributed by atoms with van der Waals surface area (Å²) in [7, 11) is 2.01. The number of rotatable bonds is 2. The summed E-state index contributed by atoms with van der Waals surface area (Å²) in [5, 5.41) is 0. The molecule has 0 amide bonds. The van der Waals surface area contributed by atoms with Crippen molar-refractivity contribution in [2.45, 2.75) is 13.3 Å². The third-order valence-electron chi connectivity index (χ3n) is 3.52. The SMILES string of the molecule is C=C1/C=C\C=C/CN=CN(c2ccc(Br)cc2)/C(CC)=C\N1C. The molecule has 0 N–H and O–H groups in total. The third kappa shape index (κ3) is 4.96. The highest BCUT2D eigenvalue weighted by Crippen LogP contribution is 2.23. The highest BCUT2D eigenvalue weighted by atomic mass is 79.9. The van der Waals surface area contributed by atoms with E-state index in [2.05, 4.69) is 57.7 Å². The van der Waals surface area contributed by atoms with Gasteiger partial charge in [0.25, 0.3) is 0 Å². The lowest BCUT2D eigenvalue weighted by Gasteiger charge is -2.25. The van der Waals surface area contributed by atoms with Crippen LogP contribution >= 0.6 is 15.9 Å². The molecule has 23 heavy (non-hydrogen) atoms. The molecule has 0 bridgehead atoms. The molecule has 2 rings (SSSR count). The fourth-order valence-electron chi connectivity index (χ4n) is 2.15. The van der Waals surface area contributed by atoms with Crippen LogP contribution < -0.4 is 4.90 Å². The predicted molar refractivity (Wildman–Crippen MR) is 104 cm³/mol. The molecule has 1 aliphatic heterocycles. The predicted octanol–water partition coefficient (Wildman–Crippen LogP) is 5.11. The van der Waals surface area contributed by atoms with Crippen molar-refractivity contribution in [1.82, 2.24) is 4.90 Å². The van der Waals surface area contributed by atoms with Crippen molar-refractivity contribution in [2.24, 2.45) is 4.99 Å². The van der Waals surface area contributed by atoms with Gasteiger partial charge in [0.15, 0.2) is 0 Å². The molecule has 0 atom stereocenters. The minimum absolute atomic E-state index is 0.649. The van der Waals surface area contributed by atoms with Crippen molar-refractivity contribution in [3.63, 3.8) is 0 Å². The third-order valence-corrected chi connectivity index (χ3v) is 4.04. The lowest BCUT2D eigenvalue weighted by atomic mass is 10.2. The molecule has 120 valence electrons. The summed E-state index contributed by atoms with van der Waals surface area (Å²) in [6.45, 7) is 6.90. The number of nitrogens with zero attached hydrogens (tertiary/aromatic N) is 3. The van der Waals surface area contributed by atoms with Crippen molar-refractivity contribution in [3.8, 4) is 0 Å². The molecule has 0 saturated carbocycles. The normalized spacial score (nSPS) is 21.2. The van der Waals surface area contributed by atoms with Gasteiger partial charge >= 0.3 is 0 Å². The minimum atomic E-state index is 0.649. The number of hydrogen-bond donors (Lipinski definition) is 0. The van der Waals surface area contributed by atoms with E-state index in [0.29, 0.717) is 6.54 Å². The van der Waals surface area contributed by atoms with Gasteiger partial charge in [-0.2, -0.15) is 0 Å². The first kappa shape index (κ1) is 17.3. The fraction of sp³-hybridized carbons (Fsp3) is 0.211. The molecule has 1 aliphatic rings. The van der Waals surface area contributed by atoms with Crippen molar-refractivity contribution in [3.05, 3.63) is 77.2 Å². The van der Waals surface area contributed by atoms with Gasteiger partial charge < -0.3 is 9.80 Å². The Labute approximate surface area is 147 Å². The molecular formula is C19H22BrN3. The van der Waals surface area contributed by atoms with Crippen LogP contribution in [0.25, 0.3) is 0 Å². The van der Waals surface area contributed by atoms with Crippen LogP contribution in [0.4, 0.5) is 5.69 Å². The average Bonchev–Trinajstić information content (AvgIpc) is 2.55. The maximum absolute atomic E-state index is 4.51. The molecule has 0 aliphatic carbocycles. The Balaban J connectivity index is 2.43. The molecule has 4 heteroatoms. The molecule has 0 aromatic heterocycles. The fourth-order valence-corrected chi connectivity index (χ4v) is 2.42. The number of likely N-dealkylation sites (N-methyl/N-ethyl adjacent to an activating group) is 1. The van der Waals surface area contributed by atoms with Crippen molar-refractivity contribution < 1.29 is 0 Å². The first-order valence-electron chi connectivity index (χ1n) is 7.62. The van der Waals surface area contributed by atoms with Gasteiger partial charge in [-0.3, -0.25) is 4.99 Å². The molecule has 0 spiro atoms. The summed E-state index contributed by atoms with van der Waals surface area (Å²) in [6.07, 6.45) is 12.9. The zero-order chi connectivity index (χ0) is 16.7. The molecule has 0 fully saturated rings. The van der Waals surface area contributed by atoms with Crippen LogP contribution in [0, 0.1) is 0 Å². The molecule has 1 heterocycles. The second-order valence-electron chi connectivity index (χ2n) is 5.19. The summed E-state index contributed by atoms with van der Waals surface area (Å²) >= 11 is 3.49. The van der Waals surface area contributed by atoms with Gasteiger partial charge in [-0.05, 0) is 36.8 Å². The van der Waals surface area contributed by atoms with Crippen LogP contribution in [0.15, 0.2) is 82.2 Å². The Morgan fingerprint density at radius 1 is 1.22 bits per heavy atom. The van der Waals surface area contributed by atoms with E-state index in [9.17, 15) is 0 Å². The first-order valence-corrected chi connectivity index (χ1v) is 8.41. The van der Waals surface area contributed by atoms with Gasteiger partial charge in [0.1, 0.15) is 0 Å². The van der Waals surface area contributed by atoms with E-state index in [1.54, 1.807) is 0 Å². The number of halogens is 1. The van der Waals surface area contributed by atoms with Crippen LogP contribution in [-0.2, 0) is 0 Å². The number of hydrogen-bond acceptors (Lipinski definition) is 3. The van der Waals surface area contributed by atoms with Gasteiger partial charge in [-0.15, -0.1) is 0 Å². The van der Waals surface area contributed by atoms with E-state index >= 15 is 0 Å². The number of benzene rings is 1. The molecule has 1 aromatic rings. The summed E-state index contributed by atoms with van der Waals surface area (Å²) in [4.78, 5) is 8.67.